The van der Waals surface area contributed by atoms with Gasteiger partial charge in [0.1, 0.15) is 11.6 Å². The van der Waals surface area contributed by atoms with Crippen molar-refractivity contribution in [3.8, 4) is 5.75 Å². The van der Waals surface area contributed by atoms with E-state index in [1.165, 1.54) is 38.5 Å². The molecule has 0 amide bonds. The summed E-state index contributed by atoms with van der Waals surface area (Å²) < 4.78 is 51.3. The topological polar surface area (TPSA) is 81.7 Å². The molecule has 158 valence electrons. The smallest absolute Gasteiger partial charge is 0.305 e. The van der Waals surface area contributed by atoms with Gasteiger partial charge in [0, 0.05) is 12.5 Å². The number of hydrogen-bond acceptors (Lipinski definition) is 5. The van der Waals surface area contributed by atoms with Crippen molar-refractivity contribution < 1.29 is 27.1 Å². The number of halogens is 1. The number of ether oxygens (including phenoxy) is 2. The van der Waals surface area contributed by atoms with Crippen LogP contribution in [0.15, 0.2) is 53.4 Å². The van der Waals surface area contributed by atoms with E-state index in [4.69, 9.17) is 4.74 Å². The number of esters is 1. The zero-order chi connectivity index (χ0) is 21.3. The minimum Gasteiger partial charge on any atom is -0.497 e. The van der Waals surface area contributed by atoms with Crippen molar-refractivity contribution in [2.45, 2.75) is 43.0 Å². The first-order valence-electron chi connectivity index (χ1n) is 9.34. The molecule has 2 rings (SSSR count). The molecule has 1 atom stereocenters. The molecule has 0 aliphatic carbocycles. The Hall–Kier alpha value is -2.45. The maximum Gasteiger partial charge on any atom is 0.305 e. The van der Waals surface area contributed by atoms with Gasteiger partial charge in [-0.3, -0.25) is 4.79 Å². The van der Waals surface area contributed by atoms with Crippen LogP contribution in [0.1, 0.15) is 43.7 Å². The molecule has 0 radical (unpaired) electrons. The zero-order valence-electron chi connectivity index (χ0n) is 16.6. The summed E-state index contributed by atoms with van der Waals surface area (Å²) >= 11 is 0. The van der Waals surface area contributed by atoms with Crippen LogP contribution < -0.4 is 9.46 Å². The first-order chi connectivity index (χ1) is 13.9. The van der Waals surface area contributed by atoms with Gasteiger partial charge in [-0.1, -0.05) is 25.0 Å². The Kier molecular flexibility index (Phi) is 8.60. The van der Waals surface area contributed by atoms with Crippen LogP contribution in [0.2, 0.25) is 0 Å². The highest BCUT2D eigenvalue weighted by molar-refractivity contribution is 7.89. The van der Waals surface area contributed by atoms with E-state index < -0.39 is 16.1 Å². The number of nitrogens with one attached hydrogen (secondary N) is 1. The largest absolute Gasteiger partial charge is 0.497 e. The number of carbonyl (C=O) groups excluding carboxylic acids is 1. The lowest BCUT2D eigenvalue weighted by atomic mass is 10.0. The van der Waals surface area contributed by atoms with Crippen LogP contribution in [0.3, 0.4) is 0 Å². The number of benzene rings is 2. The van der Waals surface area contributed by atoms with E-state index in [0.29, 0.717) is 37.0 Å². The van der Waals surface area contributed by atoms with E-state index in [9.17, 15) is 17.6 Å². The van der Waals surface area contributed by atoms with Crippen molar-refractivity contribution in [1.29, 1.82) is 0 Å². The van der Waals surface area contributed by atoms with Gasteiger partial charge >= 0.3 is 5.97 Å². The second-order valence-corrected chi connectivity index (χ2v) is 8.29. The molecule has 0 spiro atoms. The van der Waals surface area contributed by atoms with Crippen LogP contribution in [0, 0.1) is 5.82 Å². The molecule has 0 aliphatic heterocycles. The minimum atomic E-state index is -3.78. The number of methoxy groups -OCH3 is 2. The van der Waals surface area contributed by atoms with Gasteiger partial charge in [-0.05, 0) is 54.8 Å². The van der Waals surface area contributed by atoms with E-state index in [2.05, 4.69) is 9.46 Å². The SMILES string of the molecule is COC(=O)CCCCCC(NS(=O)(=O)c1ccc(OC)cc1)c1ccc(F)cc1. The van der Waals surface area contributed by atoms with E-state index in [1.807, 2.05) is 0 Å². The third kappa shape index (κ3) is 7.14. The summed E-state index contributed by atoms with van der Waals surface area (Å²) in [6, 6.07) is 11.3. The van der Waals surface area contributed by atoms with E-state index in [-0.39, 0.29) is 16.7 Å². The van der Waals surface area contributed by atoms with Crippen LogP contribution in [0.4, 0.5) is 4.39 Å². The summed E-state index contributed by atoms with van der Waals surface area (Å²) in [7, 11) is -0.922. The highest BCUT2D eigenvalue weighted by Crippen LogP contribution is 2.24. The van der Waals surface area contributed by atoms with Crippen molar-refractivity contribution in [3.63, 3.8) is 0 Å². The predicted octanol–water partition coefficient (Wildman–Crippen LogP) is 3.98. The molecule has 0 aromatic heterocycles. The molecule has 2 aromatic carbocycles. The Balaban J connectivity index is 2.09. The van der Waals surface area contributed by atoms with Gasteiger partial charge in [0.25, 0.3) is 0 Å². The lowest BCUT2D eigenvalue weighted by Gasteiger charge is -2.19. The lowest BCUT2D eigenvalue weighted by Crippen LogP contribution is -2.28. The number of sulfonamides is 1. The molecule has 2 aromatic rings. The third-order valence-electron chi connectivity index (χ3n) is 4.54. The minimum absolute atomic E-state index is 0.121. The van der Waals surface area contributed by atoms with E-state index in [0.717, 1.165) is 6.42 Å². The molecule has 1 N–H and O–H groups in total. The quantitative estimate of drug-likeness (QED) is 0.437. The van der Waals surface area contributed by atoms with Gasteiger partial charge in [0.05, 0.1) is 19.1 Å². The first kappa shape index (κ1) is 22.8. The van der Waals surface area contributed by atoms with Crippen LogP contribution in [-0.4, -0.2) is 28.6 Å². The Labute approximate surface area is 171 Å². The molecule has 0 saturated carbocycles. The molecule has 0 aliphatic rings. The first-order valence-corrected chi connectivity index (χ1v) is 10.8. The fourth-order valence-corrected chi connectivity index (χ4v) is 4.15. The second kappa shape index (κ2) is 10.9. The zero-order valence-corrected chi connectivity index (χ0v) is 17.4. The van der Waals surface area contributed by atoms with E-state index >= 15 is 0 Å². The fourth-order valence-electron chi connectivity index (χ4n) is 2.90. The Morgan fingerprint density at radius 1 is 1.00 bits per heavy atom. The molecule has 8 heteroatoms. The van der Waals surface area contributed by atoms with Gasteiger partial charge in [0.15, 0.2) is 0 Å². The van der Waals surface area contributed by atoms with Crippen LogP contribution >= 0.6 is 0 Å². The molecule has 6 nitrogen and oxygen atoms in total. The maximum absolute atomic E-state index is 13.3. The Morgan fingerprint density at radius 3 is 2.24 bits per heavy atom. The molecule has 29 heavy (non-hydrogen) atoms. The number of rotatable bonds is 11. The lowest BCUT2D eigenvalue weighted by molar-refractivity contribution is -0.140. The van der Waals surface area contributed by atoms with Crippen molar-refractivity contribution in [1.82, 2.24) is 4.72 Å². The number of carbonyl (C=O) groups is 1. The average Bonchev–Trinajstić information content (AvgIpc) is 2.73. The van der Waals surface area contributed by atoms with Gasteiger partial charge in [-0.2, -0.15) is 0 Å². The molecule has 0 saturated heterocycles. The average molecular weight is 424 g/mol. The summed E-state index contributed by atoms with van der Waals surface area (Å²) in [5.41, 5.74) is 0.677. The van der Waals surface area contributed by atoms with Crippen molar-refractivity contribution in [2.75, 3.05) is 14.2 Å². The molecular weight excluding hydrogens is 397 g/mol. The molecule has 1 unspecified atom stereocenters. The summed E-state index contributed by atoms with van der Waals surface area (Å²) in [5.74, 6) is -0.0893. The van der Waals surface area contributed by atoms with Crippen molar-refractivity contribution >= 4 is 16.0 Å². The van der Waals surface area contributed by atoms with E-state index in [1.54, 1.807) is 24.3 Å². The van der Waals surface area contributed by atoms with Crippen LogP contribution in [-0.2, 0) is 19.6 Å². The molecule has 0 bridgehead atoms. The fraction of sp³-hybridized carbons (Fsp3) is 0.381. The molecule has 0 fully saturated rings. The van der Waals surface area contributed by atoms with Gasteiger partial charge in [0.2, 0.25) is 10.0 Å². The number of hydrogen-bond donors (Lipinski definition) is 1. The van der Waals surface area contributed by atoms with Gasteiger partial charge < -0.3 is 9.47 Å². The number of unbranched alkanes of at least 4 members (excludes halogenated alkanes) is 2. The van der Waals surface area contributed by atoms with Crippen molar-refractivity contribution in [2.24, 2.45) is 0 Å². The maximum atomic E-state index is 13.3. The van der Waals surface area contributed by atoms with Gasteiger partial charge in [-0.25, -0.2) is 17.5 Å². The predicted molar refractivity (Wildman–Crippen MR) is 108 cm³/mol. The monoisotopic (exact) mass is 423 g/mol. The second-order valence-electron chi connectivity index (χ2n) is 6.58. The third-order valence-corrected chi connectivity index (χ3v) is 6.03. The van der Waals surface area contributed by atoms with Crippen LogP contribution in [0.5, 0.6) is 5.75 Å². The summed E-state index contributed by atoms with van der Waals surface area (Å²) in [5, 5.41) is 0. The highest BCUT2D eigenvalue weighted by atomic mass is 32.2. The molecular formula is C21H26FNO5S. The Bertz CT molecular complexity index is 882. The van der Waals surface area contributed by atoms with Gasteiger partial charge in [-0.15, -0.1) is 0 Å². The van der Waals surface area contributed by atoms with Crippen molar-refractivity contribution in [3.05, 3.63) is 59.9 Å². The standard InChI is InChI=1S/C21H26FNO5S/c1-27-18-12-14-19(15-13-18)29(25,26)23-20(16-8-10-17(22)11-9-16)6-4-3-5-7-21(24)28-2/h8-15,20,23H,3-7H2,1-2H3. The Morgan fingerprint density at radius 2 is 1.66 bits per heavy atom. The normalized spacial score (nSPS) is 12.4. The summed E-state index contributed by atoms with van der Waals surface area (Å²) in [6.07, 6.45) is 2.95. The van der Waals surface area contributed by atoms with Crippen LogP contribution in [0.25, 0.3) is 0 Å². The highest BCUT2D eigenvalue weighted by Gasteiger charge is 2.21. The molecule has 0 heterocycles. The summed E-state index contributed by atoms with van der Waals surface area (Å²) in [4.78, 5) is 11.3. The summed E-state index contributed by atoms with van der Waals surface area (Å²) in [6.45, 7) is 0.